The molecule has 3 rings (SSSR count). The van der Waals surface area contributed by atoms with Crippen LogP contribution in [-0.4, -0.2) is 20.9 Å². The molecule has 25 heavy (non-hydrogen) atoms. The number of aromatic nitrogens is 3. The van der Waals surface area contributed by atoms with Crippen LogP contribution in [0, 0.1) is 0 Å². The largest absolute Gasteiger partial charge is 0.416 e. The van der Waals surface area contributed by atoms with E-state index in [4.69, 9.17) is 0 Å². The van der Waals surface area contributed by atoms with E-state index < -0.39 is 11.7 Å². The van der Waals surface area contributed by atoms with Crippen LogP contribution < -0.4 is 5.32 Å². The van der Waals surface area contributed by atoms with Gasteiger partial charge in [-0.1, -0.05) is 17.3 Å². The number of thiophene rings is 1. The van der Waals surface area contributed by atoms with Gasteiger partial charge in [-0.3, -0.25) is 4.79 Å². The van der Waals surface area contributed by atoms with Gasteiger partial charge in [0.15, 0.2) is 0 Å². The summed E-state index contributed by atoms with van der Waals surface area (Å²) in [5.41, 5.74) is 1.25. The molecule has 0 saturated carbocycles. The predicted molar refractivity (Wildman–Crippen MR) is 86.2 cm³/mol. The standard InChI is InChI=1S/C16H13F3N4OS/c17-16(18,19)12-3-1-11(2-4-12)7-15(24)20-8-13-9-23(22-21-13)14-5-6-25-10-14/h1-6,9-10H,7-8H2,(H,20,24). The second kappa shape index (κ2) is 7.06. The Balaban J connectivity index is 1.53. The van der Waals surface area contributed by atoms with Gasteiger partial charge < -0.3 is 5.32 Å². The number of carbonyl (C=O) groups is 1. The molecule has 0 radical (unpaired) electrons. The van der Waals surface area contributed by atoms with Crippen molar-refractivity contribution in [2.45, 2.75) is 19.1 Å². The van der Waals surface area contributed by atoms with Gasteiger partial charge >= 0.3 is 6.18 Å². The van der Waals surface area contributed by atoms with Crippen LogP contribution in [0.25, 0.3) is 5.69 Å². The minimum absolute atomic E-state index is 0.00317. The van der Waals surface area contributed by atoms with Crippen molar-refractivity contribution in [2.75, 3.05) is 0 Å². The fourth-order valence-corrected chi connectivity index (χ4v) is 2.76. The Kier molecular flexibility index (Phi) is 4.84. The van der Waals surface area contributed by atoms with E-state index in [1.54, 1.807) is 10.9 Å². The summed E-state index contributed by atoms with van der Waals surface area (Å²) in [6.45, 7) is 0.198. The maximum absolute atomic E-state index is 12.5. The van der Waals surface area contributed by atoms with Gasteiger partial charge in [0.05, 0.1) is 30.4 Å². The Morgan fingerprint density at radius 3 is 2.60 bits per heavy atom. The number of nitrogens with one attached hydrogen (secondary N) is 1. The molecule has 5 nitrogen and oxygen atoms in total. The third-order valence-electron chi connectivity index (χ3n) is 3.42. The number of rotatable bonds is 5. The highest BCUT2D eigenvalue weighted by Gasteiger charge is 2.29. The van der Waals surface area contributed by atoms with E-state index in [-0.39, 0.29) is 18.9 Å². The predicted octanol–water partition coefficient (Wildman–Crippen LogP) is 3.21. The lowest BCUT2D eigenvalue weighted by Gasteiger charge is -2.07. The molecule has 0 spiro atoms. The number of halogens is 3. The van der Waals surface area contributed by atoms with Crippen LogP contribution in [0.1, 0.15) is 16.8 Å². The number of hydrogen-bond donors (Lipinski definition) is 1. The number of carbonyl (C=O) groups excluding carboxylic acids is 1. The normalized spacial score (nSPS) is 11.5. The van der Waals surface area contributed by atoms with Gasteiger partial charge in [-0.25, -0.2) is 4.68 Å². The van der Waals surface area contributed by atoms with Crippen molar-refractivity contribution < 1.29 is 18.0 Å². The molecule has 3 aromatic rings. The molecule has 9 heteroatoms. The van der Waals surface area contributed by atoms with E-state index in [0.29, 0.717) is 11.3 Å². The lowest BCUT2D eigenvalue weighted by molar-refractivity contribution is -0.137. The van der Waals surface area contributed by atoms with E-state index in [1.807, 2.05) is 16.8 Å². The van der Waals surface area contributed by atoms with Crippen LogP contribution in [0.3, 0.4) is 0 Å². The highest BCUT2D eigenvalue weighted by atomic mass is 32.1. The number of alkyl halides is 3. The third-order valence-corrected chi connectivity index (χ3v) is 4.09. The summed E-state index contributed by atoms with van der Waals surface area (Å²) < 4.78 is 39.1. The van der Waals surface area contributed by atoms with Gasteiger partial charge in [-0.15, -0.1) is 5.10 Å². The summed E-state index contributed by atoms with van der Waals surface area (Å²) in [6, 6.07) is 6.43. The third kappa shape index (κ3) is 4.44. The molecule has 0 bridgehead atoms. The van der Waals surface area contributed by atoms with Crippen LogP contribution in [-0.2, 0) is 23.9 Å². The summed E-state index contributed by atoms with van der Waals surface area (Å²) >= 11 is 1.54. The van der Waals surface area contributed by atoms with Crippen molar-refractivity contribution >= 4 is 17.2 Å². The molecule has 0 unspecified atom stereocenters. The number of amides is 1. The Hall–Kier alpha value is -2.68. The van der Waals surface area contributed by atoms with E-state index >= 15 is 0 Å². The molecule has 0 aliphatic carbocycles. The van der Waals surface area contributed by atoms with Crippen molar-refractivity contribution in [1.82, 2.24) is 20.3 Å². The minimum atomic E-state index is -4.38. The van der Waals surface area contributed by atoms with Crippen LogP contribution in [0.15, 0.2) is 47.3 Å². The molecule has 130 valence electrons. The van der Waals surface area contributed by atoms with Gasteiger partial charge in [0, 0.05) is 5.38 Å². The number of hydrogen-bond acceptors (Lipinski definition) is 4. The smallest absolute Gasteiger partial charge is 0.350 e. The highest BCUT2D eigenvalue weighted by molar-refractivity contribution is 7.08. The Morgan fingerprint density at radius 2 is 1.96 bits per heavy atom. The van der Waals surface area contributed by atoms with Gasteiger partial charge in [0.1, 0.15) is 5.69 Å². The molecule has 0 aliphatic rings. The van der Waals surface area contributed by atoms with Gasteiger partial charge in [-0.2, -0.15) is 24.5 Å². The average molecular weight is 366 g/mol. The molecule has 1 aromatic carbocycles. The van der Waals surface area contributed by atoms with Crippen molar-refractivity contribution in [3.63, 3.8) is 0 Å². The topological polar surface area (TPSA) is 59.8 Å². The maximum Gasteiger partial charge on any atom is 0.416 e. The first kappa shape index (κ1) is 17.2. The molecule has 0 aliphatic heterocycles. The van der Waals surface area contributed by atoms with Crippen LogP contribution >= 0.6 is 11.3 Å². The first-order valence-corrected chi connectivity index (χ1v) is 8.23. The lowest BCUT2D eigenvalue weighted by Crippen LogP contribution is -2.24. The fourth-order valence-electron chi connectivity index (χ4n) is 2.14. The zero-order valence-corrected chi connectivity index (χ0v) is 13.6. The molecular formula is C16H13F3N4OS. The van der Waals surface area contributed by atoms with E-state index in [0.717, 1.165) is 17.8 Å². The van der Waals surface area contributed by atoms with E-state index in [1.165, 1.54) is 23.5 Å². The molecule has 0 atom stereocenters. The Bertz CT molecular complexity index is 841. The second-order valence-electron chi connectivity index (χ2n) is 5.28. The number of nitrogens with zero attached hydrogens (tertiary/aromatic N) is 3. The quantitative estimate of drug-likeness (QED) is 0.754. The zero-order chi connectivity index (χ0) is 17.9. The first-order valence-electron chi connectivity index (χ1n) is 7.28. The second-order valence-corrected chi connectivity index (χ2v) is 6.06. The summed E-state index contributed by atoms with van der Waals surface area (Å²) in [5.74, 6) is -0.301. The molecule has 1 amide bonds. The highest BCUT2D eigenvalue weighted by Crippen LogP contribution is 2.29. The lowest BCUT2D eigenvalue weighted by atomic mass is 10.1. The Labute approximate surface area is 145 Å². The van der Waals surface area contributed by atoms with E-state index in [2.05, 4.69) is 15.6 Å². The summed E-state index contributed by atoms with van der Waals surface area (Å²) in [7, 11) is 0. The average Bonchev–Trinajstić information content (AvgIpc) is 3.24. The van der Waals surface area contributed by atoms with Crippen LogP contribution in [0.4, 0.5) is 13.2 Å². The molecule has 2 heterocycles. The minimum Gasteiger partial charge on any atom is -0.350 e. The maximum atomic E-state index is 12.5. The van der Waals surface area contributed by atoms with Gasteiger partial charge in [0.25, 0.3) is 0 Å². The fraction of sp³-hybridized carbons (Fsp3) is 0.188. The zero-order valence-electron chi connectivity index (χ0n) is 12.8. The molecule has 1 N–H and O–H groups in total. The van der Waals surface area contributed by atoms with E-state index in [9.17, 15) is 18.0 Å². The molecule has 2 aromatic heterocycles. The van der Waals surface area contributed by atoms with Crippen LogP contribution in [0.2, 0.25) is 0 Å². The van der Waals surface area contributed by atoms with Crippen molar-refractivity contribution in [3.05, 3.63) is 64.1 Å². The van der Waals surface area contributed by atoms with Crippen molar-refractivity contribution in [3.8, 4) is 5.69 Å². The molecule has 0 saturated heterocycles. The monoisotopic (exact) mass is 366 g/mol. The van der Waals surface area contributed by atoms with Crippen molar-refractivity contribution in [1.29, 1.82) is 0 Å². The number of benzene rings is 1. The summed E-state index contributed by atoms with van der Waals surface area (Å²) in [4.78, 5) is 11.9. The Morgan fingerprint density at radius 1 is 1.20 bits per heavy atom. The van der Waals surface area contributed by atoms with Gasteiger partial charge in [0.2, 0.25) is 5.91 Å². The molecular weight excluding hydrogens is 353 g/mol. The SMILES string of the molecule is O=C(Cc1ccc(C(F)(F)F)cc1)NCc1cn(-c2ccsc2)nn1. The first-order chi connectivity index (χ1) is 11.9. The van der Waals surface area contributed by atoms with Crippen molar-refractivity contribution in [2.24, 2.45) is 0 Å². The van der Waals surface area contributed by atoms with Gasteiger partial charge in [-0.05, 0) is 29.1 Å². The molecule has 0 fully saturated rings. The summed E-state index contributed by atoms with van der Waals surface area (Å²) in [5, 5.41) is 14.5. The summed E-state index contributed by atoms with van der Waals surface area (Å²) in [6.07, 6.45) is -2.67. The van der Waals surface area contributed by atoms with Crippen LogP contribution in [0.5, 0.6) is 0 Å².